The van der Waals surface area contributed by atoms with Crippen molar-refractivity contribution in [3.63, 3.8) is 0 Å². The minimum Gasteiger partial charge on any atom is -0.276 e. The van der Waals surface area contributed by atoms with Gasteiger partial charge in [-0.3, -0.25) is 9.98 Å². The lowest BCUT2D eigenvalue weighted by atomic mass is 9.97. The van der Waals surface area contributed by atoms with Gasteiger partial charge in [-0.1, -0.05) is 0 Å². The molecular formula is C12H14N2. The molecule has 0 fully saturated rings. The summed E-state index contributed by atoms with van der Waals surface area (Å²) >= 11 is 0. The van der Waals surface area contributed by atoms with E-state index in [0.717, 1.165) is 5.69 Å². The summed E-state index contributed by atoms with van der Waals surface area (Å²) in [7, 11) is 0. The van der Waals surface area contributed by atoms with Crippen molar-refractivity contribution in [3.8, 4) is 0 Å². The molecule has 72 valence electrons. The number of pyridine rings is 1. The van der Waals surface area contributed by atoms with Gasteiger partial charge in [0.05, 0.1) is 5.69 Å². The zero-order chi connectivity index (χ0) is 10.2. The molecule has 14 heavy (non-hydrogen) atoms. The van der Waals surface area contributed by atoms with Crippen LogP contribution in [-0.4, -0.2) is 11.2 Å². The highest BCUT2D eigenvalue weighted by atomic mass is 14.9. The maximum atomic E-state index is 4.48. The van der Waals surface area contributed by atoms with Gasteiger partial charge in [-0.05, 0) is 50.1 Å². The van der Waals surface area contributed by atoms with Crippen LogP contribution in [0.4, 0.5) is 0 Å². The Balaban J connectivity index is 2.46. The van der Waals surface area contributed by atoms with E-state index in [1.165, 1.54) is 11.1 Å². The Kier molecular flexibility index (Phi) is 1.99. The van der Waals surface area contributed by atoms with Crippen LogP contribution in [0, 0.1) is 6.92 Å². The summed E-state index contributed by atoms with van der Waals surface area (Å²) in [5.74, 6) is 0. The maximum Gasteiger partial charge on any atom is 0.118 e. The molecule has 2 heteroatoms. The summed E-state index contributed by atoms with van der Waals surface area (Å²) in [5.41, 5.74) is 3.20. The lowest BCUT2D eigenvalue weighted by Crippen LogP contribution is -2.15. The van der Waals surface area contributed by atoms with E-state index in [-0.39, 0.29) is 5.54 Å². The van der Waals surface area contributed by atoms with Crippen LogP contribution < -0.4 is 0 Å². The Morgan fingerprint density at radius 2 is 2.07 bits per heavy atom. The second kappa shape index (κ2) is 3.05. The van der Waals surface area contributed by atoms with Crippen molar-refractivity contribution < 1.29 is 0 Å². The summed E-state index contributed by atoms with van der Waals surface area (Å²) in [6.45, 7) is 6.22. The van der Waals surface area contributed by atoms with E-state index in [2.05, 4.69) is 42.9 Å². The number of hydrogen-bond acceptors (Lipinski definition) is 2. The molecule has 2 nitrogen and oxygen atoms in total. The van der Waals surface area contributed by atoms with Crippen LogP contribution in [0.1, 0.15) is 25.1 Å². The second-order valence-electron chi connectivity index (χ2n) is 4.01. The minimum atomic E-state index is -0.254. The number of allylic oxidation sites excluding steroid dienone is 1. The van der Waals surface area contributed by atoms with Gasteiger partial charge in [-0.25, -0.2) is 0 Å². The Morgan fingerprint density at radius 3 is 2.64 bits per heavy atom. The maximum absolute atomic E-state index is 4.48. The SMILES string of the molecule is CC1=CC(C)(c2cc(C)ccn2)N=C1. The van der Waals surface area contributed by atoms with Gasteiger partial charge in [0, 0.05) is 12.4 Å². The quantitative estimate of drug-likeness (QED) is 0.662. The summed E-state index contributed by atoms with van der Waals surface area (Å²) in [6, 6.07) is 4.09. The first-order valence-electron chi connectivity index (χ1n) is 4.78. The molecule has 1 aliphatic rings. The van der Waals surface area contributed by atoms with Gasteiger partial charge in [0.25, 0.3) is 0 Å². The standard InChI is InChI=1S/C12H14N2/c1-9-4-5-13-11(6-9)12(3)7-10(2)8-14-12/h4-8H,1-3H3. The molecule has 0 spiro atoms. The normalized spacial score (nSPS) is 25.2. The van der Waals surface area contributed by atoms with E-state index >= 15 is 0 Å². The van der Waals surface area contributed by atoms with Crippen molar-refractivity contribution in [1.29, 1.82) is 0 Å². The van der Waals surface area contributed by atoms with Crippen LogP contribution in [0.2, 0.25) is 0 Å². The molecule has 2 heterocycles. The van der Waals surface area contributed by atoms with Gasteiger partial charge >= 0.3 is 0 Å². The van der Waals surface area contributed by atoms with E-state index < -0.39 is 0 Å². The van der Waals surface area contributed by atoms with Gasteiger partial charge < -0.3 is 0 Å². The molecule has 1 atom stereocenters. The van der Waals surface area contributed by atoms with Crippen molar-refractivity contribution in [2.24, 2.45) is 4.99 Å². The molecule has 0 saturated heterocycles. The number of rotatable bonds is 1. The predicted octanol–water partition coefficient (Wildman–Crippen LogP) is 2.64. The lowest BCUT2D eigenvalue weighted by Gasteiger charge is -2.17. The highest BCUT2D eigenvalue weighted by molar-refractivity contribution is 5.81. The molecule has 0 N–H and O–H groups in total. The molecule has 1 aliphatic heterocycles. The van der Waals surface area contributed by atoms with Crippen LogP contribution in [0.3, 0.4) is 0 Å². The van der Waals surface area contributed by atoms with Crippen molar-refractivity contribution in [1.82, 2.24) is 4.98 Å². The molecular weight excluding hydrogens is 172 g/mol. The first kappa shape index (κ1) is 9.13. The monoisotopic (exact) mass is 186 g/mol. The Hall–Kier alpha value is -1.44. The fourth-order valence-corrected chi connectivity index (χ4v) is 1.71. The molecule has 2 rings (SSSR count). The summed E-state index contributed by atoms with van der Waals surface area (Å²) in [5, 5.41) is 0. The summed E-state index contributed by atoms with van der Waals surface area (Å²) in [6.07, 6.45) is 5.89. The number of aryl methyl sites for hydroxylation is 1. The molecule has 1 unspecified atom stereocenters. The molecule has 0 aliphatic carbocycles. The number of nitrogens with zero attached hydrogens (tertiary/aromatic N) is 2. The van der Waals surface area contributed by atoms with Gasteiger partial charge in [0.15, 0.2) is 0 Å². The smallest absolute Gasteiger partial charge is 0.118 e. The van der Waals surface area contributed by atoms with E-state index in [1.54, 1.807) is 0 Å². The molecule has 1 aromatic heterocycles. The second-order valence-corrected chi connectivity index (χ2v) is 4.01. The van der Waals surface area contributed by atoms with E-state index in [9.17, 15) is 0 Å². The van der Waals surface area contributed by atoms with Crippen LogP contribution in [-0.2, 0) is 5.54 Å². The highest BCUT2D eigenvalue weighted by Crippen LogP contribution is 2.30. The fourth-order valence-electron chi connectivity index (χ4n) is 1.71. The van der Waals surface area contributed by atoms with Crippen LogP contribution >= 0.6 is 0 Å². The number of hydrogen-bond donors (Lipinski definition) is 0. The third-order valence-corrected chi connectivity index (χ3v) is 2.48. The topological polar surface area (TPSA) is 25.2 Å². The summed E-state index contributed by atoms with van der Waals surface area (Å²) in [4.78, 5) is 8.85. The Bertz CT molecular complexity index is 418. The van der Waals surface area contributed by atoms with Gasteiger partial charge in [-0.2, -0.15) is 0 Å². The van der Waals surface area contributed by atoms with Gasteiger partial charge in [-0.15, -0.1) is 0 Å². The highest BCUT2D eigenvalue weighted by Gasteiger charge is 2.27. The van der Waals surface area contributed by atoms with Crippen molar-refractivity contribution in [2.45, 2.75) is 26.3 Å². The van der Waals surface area contributed by atoms with Crippen LogP contribution in [0.15, 0.2) is 35.0 Å². The first-order chi connectivity index (χ1) is 6.60. The number of aliphatic imine (C=N–C) groups is 1. The molecule has 1 aromatic rings. The Labute approximate surface area is 84.4 Å². The van der Waals surface area contributed by atoms with Gasteiger partial charge in [0.1, 0.15) is 5.54 Å². The molecule has 0 radical (unpaired) electrons. The molecule has 0 bridgehead atoms. The van der Waals surface area contributed by atoms with E-state index in [0.29, 0.717) is 0 Å². The Morgan fingerprint density at radius 1 is 1.29 bits per heavy atom. The molecule has 0 saturated carbocycles. The third kappa shape index (κ3) is 1.48. The fraction of sp³-hybridized carbons (Fsp3) is 0.333. The summed E-state index contributed by atoms with van der Waals surface area (Å²) < 4.78 is 0. The van der Waals surface area contributed by atoms with E-state index in [1.807, 2.05) is 18.5 Å². The van der Waals surface area contributed by atoms with Crippen molar-refractivity contribution >= 4 is 6.21 Å². The van der Waals surface area contributed by atoms with Crippen molar-refractivity contribution in [2.75, 3.05) is 0 Å². The van der Waals surface area contributed by atoms with Crippen LogP contribution in [0.5, 0.6) is 0 Å². The largest absolute Gasteiger partial charge is 0.276 e. The molecule has 0 aromatic carbocycles. The van der Waals surface area contributed by atoms with Gasteiger partial charge in [0.2, 0.25) is 0 Å². The number of aromatic nitrogens is 1. The minimum absolute atomic E-state index is 0.254. The van der Waals surface area contributed by atoms with Crippen molar-refractivity contribution in [3.05, 3.63) is 41.2 Å². The predicted molar refractivity (Wildman–Crippen MR) is 58.6 cm³/mol. The van der Waals surface area contributed by atoms with E-state index in [4.69, 9.17) is 0 Å². The first-order valence-corrected chi connectivity index (χ1v) is 4.78. The third-order valence-electron chi connectivity index (χ3n) is 2.48. The molecule has 0 amide bonds. The average Bonchev–Trinajstić information content (AvgIpc) is 2.48. The zero-order valence-corrected chi connectivity index (χ0v) is 8.78. The average molecular weight is 186 g/mol. The van der Waals surface area contributed by atoms with Crippen LogP contribution in [0.25, 0.3) is 0 Å². The zero-order valence-electron chi connectivity index (χ0n) is 8.78. The lowest BCUT2D eigenvalue weighted by molar-refractivity contribution is 0.621.